The lowest BCUT2D eigenvalue weighted by atomic mass is 9.99. The van der Waals surface area contributed by atoms with Crippen LogP contribution in [0.2, 0.25) is 0 Å². The molecule has 2 aliphatic rings. The van der Waals surface area contributed by atoms with E-state index in [1.54, 1.807) is 29.4 Å². The van der Waals surface area contributed by atoms with Crippen molar-refractivity contribution < 1.29 is 4.79 Å². The van der Waals surface area contributed by atoms with Crippen LogP contribution >= 0.6 is 23.1 Å². The highest BCUT2D eigenvalue weighted by atomic mass is 32.2. The Kier molecular flexibility index (Phi) is 6.28. The fraction of sp³-hybridized carbons (Fsp3) is 0.423. The molecule has 2 atom stereocenters. The molecule has 1 aliphatic heterocycles. The first-order valence-corrected chi connectivity index (χ1v) is 14.2. The van der Waals surface area contributed by atoms with Crippen LogP contribution in [0.15, 0.2) is 41.8 Å². The molecule has 6 rings (SSSR count). The molecule has 9 heteroatoms. The standard InChI is InChI=1S/C26H28N6OS2/c1-34-19-12-27-24(28-13-19)9-16-2-3-17(8-16)10-25-31-21-11-18(4-5-23(21)35-25)26(33)32-7-6-20-22(14-32)30-15-29-20/h4-5,11-13,15-17H,2-3,6-10,14H2,1H3,(H,29,30)/t16-,17-/m0/s1. The van der Waals surface area contributed by atoms with Crippen LogP contribution in [0, 0.1) is 11.8 Å². The number of carbonyl (C=O) groups is 1. The summed E-state index contributed by atoms with van der Waals surface area (Å²) in [5, 5.41) is 1.18. The average Bonchev–Trinajstić information content (AvgIpc) is 3.62. The highest BCUT2D eigenvalue weighted by molar-refractivity contribution is 7.98. The summed E-state index contributed by atoms with van der Waals surface area (Å²) >= 11 is 3.44. The SMILES string of the molecule is CSc1cnc(C[C@H]2CC[C@H](Cc3nc4cc(C(=O)N5CCc6nc[nH]c6C5)ccc4s3)C2)nc1. The third-order valence-corrected chi connectivity index (χ3v) is 8.98. The predicted octanol–water partition coefficient (Wildman–Crippen LogP) is 4.93. The van der Waals surface area contributed by atoms with Crippen LogP contribution in [0.5, 0.6) is 0 Å². The Morgan fingerprint density at radius 1 is 1.17 bits per heavy atom. The summed E-state index contributed by atoms with van der Waals surface area (Å²) in [6.07, 6.45) is 14.1. The Balaban J connectivity index is 1.09. The minimum absolute atomic E-state index is 0.0631. The number of fused-ring (bicyclic) bond motifs is 2. The van der Waals surface area contributed by atoms with E-state index in [9.17, 15) is 4.79 Å². The van der Waals surface area contributed by atoms with Crippen molar-refractivity contribution in [2.75, 3.05) is 12.8 Å². The van der Waals surface area contributed by atoms with Crippen LogP contribution in [-0.2, 0) is 25.8 Å². The molecule has 0 radical (unpaired) electrons. The fourth-order valence-corrected chi connectivity index (χ4v) is 6.75. The molecule has 0 unspecified atom stereocenters. The Morgan fingerprint density at radius 3 is 2.83 bits per heavy atom. The molecular formula is C26H28N6OS2. The van der Waals surface area contributed by atoms with E-state index in [1.165, 1.54) is 24.3 Å². The van der Waals surface area contributed by atoms with Gasteiger partial charge in [0.1, 0.15) is 5.82 Å². The summed E-state index contributed by atoms with van der Waals surface area (Å²) in [4.78, 5) is 37.6. The van der Waals surface area contributed by atoms with Gasteiger partial charge in [0.2, 0.25) is 0 Å². The van der Waals surface area contributed by atoms with Crippen molar-refractivity contribution in [3.63, 3.8) is 0 Å². The van der Waals surface area contributed by atoms with Crippen molar-refractivity contribution in [3.05, 3.63) is 64.7 Å². The third-order valence-electron chi connectivity index (χ3n) is 7.24. The van der Waals surface area contributed by atoms with Crippen molar-refractivity contribution in [2.24, 2.45) is 11.8 Å². The molecule has 1 fully saturated rings. The molecule has 1 N–H and O–H groups in total. The van der Waals surface area contributed by atoms with E-state index in [1.807, 2.05) is 35.7 Å². The van der Waals surface area contributed by atoms with Gasteiger partial charge in [0.15, 0.2) is 0 Å². The number of nitrogens with one attached hydrogen (secondary N) is 1. The van der Waals surface area contributed by atoms with Crippen molar-refractivity contribution in [1.82, 2.24) is 29.8 Å². The molecule has 1 saturated carbocycles. The number of hydrogen-bond donors (Lipinski definition) is 1. The second kappa shape index (κ2) is 9.70. The monoisotopic (exact) mass is 504 g/mol. The molecule has 4 aromatic rings. The van der Waals surface area contributed by atoms with E-state index >= 15 is 0 Å². The summed E-state index contributed by atoms with van der Waals surface area (Å²) < 4.78 is 1.16. The number of hydrogen-bond acceptors (Lipinski definition) is 7. The highest BCUT2D eigenvalue weighted by Crippen LogP contribution is 2.36. The Labute approximate surface area is 212 Å². The van der Waals surface area contributed by atoms with Gasteiger partial charge in [-0.3, -0.25) is 4.79 Å². The molecule has 4 heterocycles. The van der Waals surface area contributed by atoms with E-state index in [0.29, 0.717) is 30.5 Å². The summed E-state index contributed by atoms with van der Waals surface area (Å²) in [7, 11) is 0. The minimum atomic E-state index is 0.0631. The van der Waals surface area contributed by atoms with Crippen LogP contribution in [-0.4, -0.2) is 48.5 Å². The molecule has 1 aliphatic carbocycles. The van der Waals surface area contributed by atoms with Crippen LogP contribution in [0.1, 0.15) is 51.8 Å². The number of rotatable bonds is 6. The van der Waals surface area contributed by atoms with Gasteiger partial charge in [-0.05, 0) is 55.6 Å². The first kappa shape index (κ1) is 22.7. The van der Waals surface area contributed by atoms with Crippen molar-refractivity contribution in [1.29, 1.82) is 0 Å². The van der Waals surface area contributed by atoms with E-state index < -0.39 is 0 Å². The molecule has 3 aromatic heterocycles. The number of thioether (sulfide) groups is 1. The smallest absolute Gasteiger partial charge is 0.254 e. The summed E-state index contributed by atoms with van der Waals surface area (Å²) in [6, 6.07) is 5.97. The number of aromatic nitrogens is 5. The number of benzene rings is 1. The first-order chi connectivity index (χ1) is 17.1. The fourth-order valence-electron chi connectivity index (χ4n) is 5.37. The number of aromatic amines is 1. The number of imidazole rings is 1. The molecule has 180 valence electrons. The lowest BCUT2D eigenvalue weighted by molar-refractivity contribution is 0.0732. The van der Waals surface area contributed by atoms with Gasteiger partial charge >= 0.3 is 0 Å². The van der Waals surface area contributed by atoms with Crippen molar-refractivity contribution in [3.8, 4) is 0 Å². The summed E-state index contributed by atoms with van der Waals surface area (Å²) in [5.41, 5.74) is 3.77. The highest BCUT2D eigenvalue weighted by Gasteiger charge is 2.27. The molecule has 0 spiro atoms. The molecule has 0 saturated heterocycles. The molecule has 7 nitrogen and oxygen atoms in total. The van der Waals surface area contributed by atoms with Gasteiger partial charge < -0.3 is 9.88 Å². The zero-order valence-electron chi connectivity index (χ0n) is 19.7. The van der Waals surface area contributed by atoms with Gasteiger partial charge in [0.25, 0.3) is 5.91 Å². The van der Waals surface area contributed by atoms with Crippen LogP contribution in [0.4, 0.5) is 0 Å². The number of H-pyrrole nitrogens is 1. The topological polar surface area (TPSA) is 87.7 Å². The lowest BCUT2D eigenvalue weighted by Gasteiger charge is -2.26. The van der Waals surface area contributed by atoms with Crippen LogP contribution in [0.25, 0.3) is 10.2 Å². The molecule has 1 aromatic carbocycles. The molecule has 0 bridgehead atoms. The Bertz CT molecular complexity index is 1350. The first-order valence-electron chi connectivity index (χ1n) is 12.2. The summed E-state index contributed by atoms with van der Waals surface area (Å²) in [5.74, 6) is 2.33. The van der Waals surface area contributed by atoms with E-state index in [-0.39, 0.29) is 5.91 Å². The lowest BCUT2D eigenvalue weighted by Crippen LogP contribution is -2.36. The van der Waals surface area contributed by atoms with Gasteiger partial charge in [0, 0.05) is 48.7 Å². The van der Waals surface area contributed by atoms with Crippen molar-refractivity contribution >= 4 is 39.2 Å². The molecular weight excluding hydrogens is 476 g/mol. The van der Waals surface area contributed by atoms with Gasteiger partial charge in [0.05, 0.1) is 39.5 Å². The predicted molar refractivity (Wildman–Crippen MR) is 139 cm³/mol. The summed E-state index contributed by atoms with van der Waals surface area (Å²) in [6.45, 7) is 1.29. The van der Waals surface area contributed by atoms with Crippen LogP contribution in [0.3, 0.4) is 0 Å². The largest absolute Gasteiger partial charge is 0.347 e. The van der Waals surface area contributed by atoms with Gasteiger partial charge in [-0.25, -0.2) is 19.9 Å². The van der Waals surface area contributed by atoms with Crippen molar-refractivity contribution in [2.45, 2.75) is 50.0 Å². The van der Waals surface area contributed by atoms with Gasteiger partial charge in [-0.15, -0.1) is 23.1 Å². The maximum Gasteiger partial charge on any atom is 0.254 e. The van der Waals surface area contributed by atoms with Gasteiger partial charge in [-0.1, -0.05) is 0 Å². The van der Waals surface area contributed by atoms with Gasteiger partial charge in [-0.2, -0.15) is 0 Å². The number of nitrogens with zero attached hydrogens (tertiary/aromatic N) is 5. The minimum Gasteiger partial charge on any atom is -0.347 e. The Hall–Kier alpha value is -2.78. The quantitative estimate of drug-likeness (QED) is 0.375. The second-order valence-electron chi connectivity index (χ2n) is 9.59. The zero-order chi connectivity index (χ0) is 23.8. The molecule has 35 heavy (non-hydrogen) atoms. The second-order valence-corrected chi connectivity index (χ2v) is 11.6. The van der Waals surface area contributed by atoms with Crippen LogP contribution < -0.4 is 0 Å². The Morgan fingerprint density at radius 2 is 2.00 bits per heavy atom. The zero-order valence-corrected chi connectivity index (χ0v) is 21.4. The number of amides is 1. The number of carbonyl (C=O) groups excluding carboxylic acids is 1. The third kappa shape index (κ3) is 4.84. The molecule has 1 amide bonds. The van der Waals surface area contributed by atoms with E-state index in [2.05, 4.69) is 26.0 Å². The average molecular weight is 505 g/mol. The number of thiazole rings is 1. The van der Waals surface area contributed by atoms with E-state index in [0.717, 1.165) is 51.6 Å². The van der Waals surface area contributed by atoms with E-state index in [4.69, 9.17) is 4.98 Å². The normalized spacial score (nSPS) is 19.9. The maximum atomic E-state index is 13.1. The maximum absolute atomic E-state index is 13.1.